The number of nitrogens with zero attached hydrogens (tertiary/aromatic N) is 1. The highest BCUT2D eigenvalue weighted by Gasteiger charge is 2.04. The van der Waals surface area contributed by atoms with Crippen LogP contribution in [0.25, 0.3) is 17.3 Å². The monoisotopic (exact) mass is 240 g/mol. The molecule has 0 aliphatic rings. The van der Waals surface area contributed by atoms with Gasteiger partial charge in [0.1, 0.15) is 5.82 Å². The molecule has 0 fully saturated rings. The van der Waals surface area contributed by atoms with Crippen molar-refractivity contribution in [2.75, 3.05) is 0 Å². The molecule has 0 saturated heterocycles. The Bertz CT molecular complexity index is 573. The fourth-order valence-electron chi connectivity index (χ4n) is 2.10. The van der Waals surface area contributed by atoms with Gasteiger partial charge in [0.25, 0.3) is 0 Å². The van der Waals surface area contributed by atoms with Crippen molar-refractivity contribution in [1.29, 1.82) is 0 Å². The maximum Gasteiger partial charge on any atom is 0.103 e. The minimum absolute atomic E-state index is 0.955. The van der Waals surface area contributed by atoms with Crippen LogP contribution in [0, 0.1) is 6.92 Å². The van der Waals surface area contributed by atoms with E-state index in [0.717, 1.165) is 17.9 Å². The Hall–Kier alpha value is -1.83. The highest BCUT2D eigenvalue weighted by molar-refractivity contribution is 5.65. The van der Waals surface area contributed by atoms with Crippen LogP contribution < -0.4 is 0 Å². The lowest BCUT2D eigenvalue weighted by Gasteiger charge is -2.07. The van der Waals surface area contributed by atoms with E-state index in [1.54, 1.807) is 0 Å². The molecule has 0 bridgehead atoms. The van der Waals surface area contributed by atoms with Crippen molar-refractivity contribution in [3.8, 4) is 11.3 Å². The summed E-state index contributed by atoms with van der Waals surface area (Å²) in [5.41, 5.74) is 6.32. The van der Waals surface area contributed by atoms with E-state index < -0.39 is 0 Å². The second-order valence-electron chi connectivity index (χ2n) is 4.87. The van der Waals surface area contributed by atoms with Gasteiger partial charge in [0.2, 0.25) is 0 Å². The number of H-pyrrole nitrogens is 1. The summed E-state index contributed by atoms with van der Waals surface area (Å²) in [4.78, 5) is 7.53. The van der Waals surface area contributed by atoms with Gasteiger partial charge in [0, 0.05) is 0 Å². The Morgan fingerprint density at radius 3 is 2.67 bits per heavy atom. The van der Waals surface area contributed by atoms with Crippen LogP contribution in [-0.2, 0) is 6.42 Å². The smallest absolute Gasteiger partial charge is 0.103 e. The molecule has 2 nitrogen and oxygen atoms in total. The van der Waals surface area contributed by atoms with E-state index in [9.17, 15) is 0 Å². The fourth-order valence-corrected chi connectivity index (χ4v) is 2.10. The van der Waals surface area contributed by atoms with E-state index in [1.807, 2.05) is 13.1 Å². The number of aromatic amines is 1. The van der Waals surface area contributed by atoms with Crippen LogP contribution in [0.1, 0.15) is 37.7 Å². The summed E-state index contributed by atoms with van der Waals surface area (Å²) in [5, 5.41) is 0. The van der Waals surface area contributed by atoms with E-state index in [0.29, 0.717) is 0 Å². The van der Waals surface area contributed by atoms with E-state index in [-0.39, 0.29) is 0 Å². The molecule has 0 amide bonds. The zero-order valence-electron chi connectivity index (χ0n) is 11.5. The lowest BCUT2D eigenvalue weighted by atomic mass is 9.99. The van der Waals surface area contributed by atoms with Crippen LogP contribution in [0.4, 0.5) is 0 Å². The summed E-state index contributed by atoms with van der Waals surface area (Å²) in [6.07, 6.45) is 5.17. The van der Waals surface area contributed by atoms with Crippen LogP contribution >= 0.6 is 0 Å². The normalized spacial score (nSPS) is 10.4. The van der Waals surface area contributed by atoms with Crippen molar-refractivity contribution in [3.05, 3.63) is 46.9 Å². The molecular formula is C16H20N2. The highest BCUT2D eigenvalue weighted by Crippen LogP contribution is 2.23. The molecule has 1 N–H and O–H groups in total. The van der Waals surface area contributed by atoms with Gasteiger partial charge in [-0.15, -0.1) is 0 Å². The summed E-state index contributed by atoms with van der Waals surface area (Å²) in [5.74, 6) is 0.955. The first-order chi connectivity index (χ1) is 8.60. The van der Waals surface area contributed by atoms with Gasteiger partial charge < -0.3 is 4.98 Å². The third-order valence-electron chi connectivity index (χ3n) is 2.98. The Labute approximate surface area is 109 Å². The molecule has 1 aromatic heterocycles. The molecule has 1 aromatic carbocycles. The molecule has 0 saturated carbocycles. The summed E-state index contributed by atoms with van der Waals surface area (Å²) >= 11 is 0. The first-order valence-electron chi connectivity index (χ1n) is 6.40. The van der Waals surface area contributed by atoms with Gasteiger partial charge in [-0.2, -0.15) is 0 Å². The van der Waals surface area contributed by atoms with E-state index in [1.165, 1.54) is 22.3 Å². The minimum atomic E-state index is 0.955. The second-order valence-corrected chi connectivity index (χ2v) is 4.87. The number of benzene rings is 1. The molecule has 2 rings (SSSR count). The summed E-state index contributed by atoms with van der Waals surface area (Å²) in [6, 6.07) is 6.60. The molecule has 0 spiro atoms. The van der Waals surface area contributed by atoms with Crippen molar-refractivity contribution in [2.45, 2.75) is 34.1 Å². The SMILES string of the molecule is CCc1cc(-c2cnc(C)[nH]2)ccc1C=C(C)C. The molecular weight excluding hydrogens is 220 g/mol. The molecule has 0 unspecified atom stereocenters. The number of aromatic nitrogens is 2. The molecule has 0 aliphatic heterocycles. The lowest BCUT2D eigenvalue weighted by molar-refractivity contribution is 1.13. The van der Waals surface area contributed by atoms with Crippen molar-refractivity contribution in [2.24, 2.45) is 0 Å². The van der Waals surface area contributed by atoms with Gasteiger partial charge in [-0.1, -0.05) is 30.7 Å². The van der Waals surface area contributed by atoms with E-state index in [2.05, 4.69) is 55.0 Å². The number of hydrogen-bond donors (Lipinski definition) is 1. The second kappa shape index (κ2) is 5.21. The summed E-state index contributed by atoms with van der Waals surface area (Å²) in [7, 11) is 0. The number of nitrogens with one attached hydrogen (secondary N) is 1. The van der Waals surface area contributed by atoms with Gasteiger partial charge in [-0.05, 0) is 49.9 Å². The molecule has 0 atom stereocenters. The average Bonchev–Trinajstić information content (AvgIpc) is 2.75. The van der Waals surface area contributed by atoms with Gasteiger partial charge >= 0.3 is 0 Å². The lowest BCUT2D eigenvalue weighted by Crippen LogP contribution is -1.89. The quantitative estimate of drug-likeness (QED) is 0.847. The van der Waals surface area contributed by atoms with Gasteiger partial charge in [-0.3, -0.25) is 0 Å². The van der Waals surface area contributed by atoms with Gasteiger partial charge in [0.15, 0.2) is 0 Å². The van der Waals surface area contributed by atoms with Crippen LogP contribution in [0.15, 0.2) is 30.0 Å². The average molecular weight is 240 g/mol. The third-order valence-corrected chi connectivity index (χ3v) is 2.98. The Morgan fingerprint density at radius 1 is 1.33 bits per heavy atom. The molecule has 94 valence electrons. The predicted molar refractivity (Wildman–Crippen MR) is 77.5 cm³/mol. The Kier molecular flexibility index (Phi) is 3.66. The maximum atomic E-state index is 4.25. The number of allylic oxidation sites excluding steroid dienone is 1. The van der Waals surface area contributed by atoms with Crippen LogP contribution in [0.3, 0.4) is 0 Å². The minimum Gasteiger partial charge on any atom is -0.342 e. The number of imidazole rings is 1. The molecule has 0 aliphatic carbocycles. The fraction of sp³-hybridized carbons (Fsp3) is 0.312. The van der Waals surface area contributed by atoms with Gasteiger partial charge in [0.05, 0.1) is 11.9 Å². The van der Waals surface area contributed by atoms with Crippen molar-refractivity contribution in [3.63, 3.8) is 0 Å². The largest absolute Gasteiger partial charge is 0.342 e. The van der Waals surface area contributed by atoms with Crippen LogP contribution in [0.2, 0.25) is 0 Å². The number of hydrogen-bond acceptors (Lipinski definition) is 1. The molecule has 1 heterocycles. The van der Waals surface area contributed by atoms with Crippen molar-refractivity contribution in [1.82, 2.24) is 9.97 Å². The highest BCUT2D eigenvalue weighted by atomic mass is 14.9. The zero-order chi connectivity index (χ0) is 13.1. The molecule has 2 heteroatoms. The molecule has 0 radical (unpaired) electrons. The summed E-state index contributed by atoms with van der Waals surface area (Å²) < 4.78 is 0. The Morgan fingerprint density at radius 2 is 2.11 bits per heavy atom. The van der Waals surface area contributed by atoms with Crippen molar-refractivity contribution >= 4 is 6.08 Å². The number of rotatable bonds is 3. The maximum absolute atomic E-state index is 4.25. The van der Waals surface area contributed by atoms with Gasteiger partial charge in [-0.25, -0.2) is 4.98 Å². The zero-order valence-corrected chi connectivity index (χ0v) is 11.5. The molecule has 18 heavy (non-hydrogen) atoms. The van der Waals surface area contributed by atoms with E-state index in [4.69, 9.17) is 0 Å². The van der Waals surface area contributed by atoms with Crippen LogP contribution in [0.5, 0.6) is 0 Å². The van der Waals surface area contributed by atoms with E-state index >= 15 is 0 Å². The summed E-state index contributed by atoms with van der Waals surface area (Å²) in [6.45, 7) is 8.43. The van der Waals surface area contributed by atoms with Crippen LogP contribution in [-0.4, -0.2) is 9.97 Å². The Balaban J connectivity index is 2.44. The first-order valence-corrected chi connectivity index (χ1v) is 6.40. The van der Waals surface area contributed by atoms with Crippen molar-refractivity contribution < 1.29 is 0 Å². The predicted octanol–water partition coefficient (Wildman–Crippen LogP) is 4.37. The number of aryl methyl sites for hydroxylation is 2. The third kappa shape index (κ3) is 2.70. The standard InChI is InChI=1S/C16H20N2/c1-5-13-9-15(16-10-17-12(4)18-16)7-6-14(13)8-11(2)3/h6-10H,5H2,1-4H3,(H,17,18). The first kappa shape index (κ1) is 12.6. The topological polar surface area (TPSA) is 28.7 Å². The molecule has 2 aromatic rings.